The van der Waals surface area contributed by atoms with Crippen LogP contribution in [0, 0.1) is 11.8 Å². The number of rotatable bonds is 5. The van der Waals surface area contributed by atoms with Crippen LogP contribution in [0.4, 0.5) is 0 Å². The van der Waals surface area contributed by atoms with Crippen LogP contribution >= 0.6 is 0 Å². The van der Waals surface area contributed by atoms with Gasteiger partial charge in [0.05, 0.1) is 6.20 Å². The van der Waals surface area contributed by atoms with E-state index in [1.165, 1.54) is 24.8 Å². The minimum atomic E-state index is -0.135. The van der Waals surface area contributed by atoms with E-state index in [0.29, 0.717) is 0 Å². The molecule has 0 aliphatic heterocycles. The summed E-state index contributed by atoms with van der Waals surface area (Å²) >= 11 is 0. The predicted octanol–water partition coefficient (Wildman–Crippen LogP) is 3.68. The molecule has 0 spiro atoms. The molecule has 0 radical (unpaired) electrons. The Bertz CT molecular complexity index is 396. The van der Waals surface area contributed by atoms with Crippen LogP contribution in [0.3, 0.4) is 0 Å². The molecule has 3 nitrogen and oxygen atoms in total. The Morgan fingerprint density at radius 2 is 2.32 bits per heavy atom. The van der Waals surface area contributed by atoms with Crippen molar-refractivity contribution in [2.75, 3.05) is 0 Å². The lowest BCUT2D eigenvalue weighted by molar-refractivity contribution is 0.202. The summed E-state index contributed by atoms with van der Waals surface area (Å²) < 4.78 is 2.04. The molecule has 0 saturated heterocycles. The summed E-state index contributed by atoms with van der Waals surface area (Å²) in [6.07, 6.45) is 11.4. The molecule has 2 rings (SSSR count). The van der Waals surface area contributed by atoms with Gasteiger partial charge in [-0.15, -0.1) is 0 Å². The average molecular weight is 263 g/mol. The number of aryl methyl sites for hydroxylation is 1. The highest BCUT2D eigenvalue weighted by atomic mass is 15.3. The fraction of sp³-hybridized carbons (Fsp3) is 0.812. The summed E-state index contributed by atoms with van der Waals surface area (Å²) in [5, 5.41) is 4.45. The van der Waals surface area contributed by atoms with Gasteiger partial charge in [-0.25, -0.2) is 0 Å². The van der Waals surface area contributed by atoms with Crippen molar-refractivity contribution in [3.05, 3.63) is 18.0 Å². The van der Waals surface area contributed by atoms with Gasteiger partial charge in [0.2, 0.25) is 0 Å². The first-order chi connectivity index (χ1) is 9.03. The Morgan fingerprint density at radius 3 is 3.00 bits per heavy atom. The minimum Gasteiger partial charge on any atom is -0.321 e. The molecule has 0 bridgehead atoms. The van der Waals surface area contributed by atoms with Crippen LogP contribution in [0.15, 0.2) is 12.4 Å². The third-order valence-corrected chi connectivity index (χ3v) is 4.35. The van der Waals surface area contributed by atoms with Gasteiger partial charge in [0.15, 0.2) is 0 Å². The summed E-state index contributed by atoms with van der Waals surface area (Å²) in [5.74, 6) is 1.56. The van der Waals surface area contributed by atoms with Crippen LogP contribution in [0.25, 0.3) is 0 Å². The zero-order chi connectivity index (χ0) is 13.9. The molecule has 0 aromatic carbocycles. The highest BCUT2D eigenvalue weighted by Crippen LogP contribution is 2.40. The molecular weight excluding hydrogens is 234 g/mol. The van der Waals surface area contributed by atoms with Crippen LogP contribution in [-0.2, 0) is 12.1 Å². The van der Waals surface area contributed by atoms with Crippen molar-refractivity contribution in [3.8, 4) is 0 Å². The second-order valence-corrected chi connectivity index (χ2v) is 6.74. The van der Waals surface area contributed by atoms with Crippen molar-refractivity contribution < 1.29 is 0 Å². The Hall–Kier alpha value is -0.830. The molecule has 2 unspecified atom stereocenters. The first-order valence-electron chi connectivity index (χ1n) is 7.85. The molecule has 3 heteroatoms. The smallest absolute Gasteiger partial charge is 0.0540 e. The van der Waals surface area contributed by atoms with E-state index in [-0.39, 0.29) is 5.54 Å². The second kappa shape index (κ2) is 6.08. The number of hydrogen-bond acceptors (Lipinski definition) is 2. The maximum atomic E-state index is 6.70. The summed E-state index contributed by atoms with van der Waals surface area (Å²) in [6, 6.07) is 0. The van der Waals surface area contributed by atoms with E-state index < -0.39 is 0 Å². The van der Waals surface area contributed by atoms with E-state index in [1.807, 2.05) is 10.9 Å². The van der Waals surface area contributed by atoms with Crippen LogP contribution < -0.4 is 5.73 Å². The molecule has 1 aliphatic rings. The number of nitrogens with zero attached hydrogens (tertiary/aromatic N) is 2. The molecule has 1 fully saturated rings. The largest absolute Gasteiger partial charge is 0.321 e. The molecule has 1 saturated carbocycles. The zero-order valence-corrected chi connectivity index (χ0v) is 12.7. The third-order valence-electron chi connectivity index (χ3n) is 4.35. The fourth-order valence-corrected chi connectivity index (χ4v) is 3.53. The van der Waals surface area contributed by atoms with Gasteiger partial charge < -0.3 is 5.73 Å². The normalized spacial score (nSPS) is 27.9. The van der Waals surface area contributed by atoms with E-state index >= 15 is 0 Å². The van der Waals surface area contributed by atoms with Gasteiger partial charge in [0, 0.05) is 23.8 Å². The molecular formula is C16H29N3. The molecule has 108 valence electrons. The molecule has 2 atom stereocenters. The Kier molecular flexibility index (Phi) is 4.67. The minimum absolute atomic E-state index is 0.135. The molecule has 2 N–H and O–H groups in total. The third kappa shape index (κ3) is 3.59. The summed E-state index contributed by atoms with van der Waals surface area (Å²) in [4.78, 5) is 0. The molecule has 1 aromatic rings. The summed E-state index contributed by atoms with van der Waals surface area (Å²) in [5.41, 5.74) is 7.81. The van der Waals surface area contributed by atoms with Crippen LogP contribution in [0.1, 0.15) is 64.9 Å². The van der Waals surface area contributed by atoms with Crippen molar-refractivity contribution in [3.63, 3.8) is 0 Å². The highest BCUT2D eigenvalue weighted by molar-refractivity contribution is 5.18. The quantitative estimate of drug-likeness (QED) is 0.880. The van der Waals surface area contributed by atoms with E-state index in [4.69, 9.17) is 5.73 Å². The maximum absolute atomic E-state index is 6.70. The highest BCUT2D eigenvalue weighted by Gasteiger charge is 2.35. The molecule has 19 heavy (non-hydrogen) atoms. The Balaban J connectivity index is 2.07. The van der Waals surface area contributed by atoms with Crippen molar-refractivity contribution in [2.45, 2.75) is 71.4 Å². The first-order valence-corrected chi connectivity index (χ1v) is 7.85. The monoisotopic (exact) mass is 263 g/mol. The lowest BCUT2D eigenvalue weighted by Gasteiger charge is -2.38. The number of aromatic nitrogens is 2. The molecule has 1 aliphatic carbocycles. The predicted molar refractivity (Wildman–Crippen MR) is 79.8 cm³/mol. The van der Waals surface area contributed by atoms with Crippen LogP contribution in [0.5, 0.6) is 0 Å². The average Bonchev–Trinajstić information content (AvgIpc) is 2.78. The number of hydrogen-bond donors (Lipinski definition) is 1. The molecule has 1 heterocycles. The SMILES string of the molecule is CCCn1cc(C2(N)CCCC(CC(C)C)C2)cn1. The van der Waals surface area contributed by atoms with Crippen molar-refractivity contribution >= 4 is 0 Å². The Labute approximate surface area is 117 Å². The molecule has 0 amide bonds. The van der Waals surface area contributed by atoms with Gasteiger partial charge in [0.1, 0.15) is 0 Å². The van der Waals surface area contributed by atoms with E-state index in [9.17, 15) is 0 Å². The van der Waals surface area contributed by atoms with Crippen LogP contribution in [0.2, 0.25) is 0 Å². The summed E-state index contributed by atoms with van der Waals surface area (Å²) in [6.45, 7) is 7.79. The lowest BCUT2D eigenvalue weighted by atomic mass is 9.71. The van der Waals surface area contributed by atoms with Gasteiger partial charge in [-0.1, -0.05) is 33.6 Å². The van der Waals surface area contributed by atoms with Gasteiger partial charge in [-0.05, 0) is 37.5 Å². The lowest BCUT2D eigenvalue weighted by Crippen LogP contribution is -2.41. The first kappa shape index (κ1) is 14.6. The van der Waals surface area contributed by atoms with Crippen molar-refractivity contribution in [2.24, 2.45) is 17.6 Å². The van der Waals surface area contributed by atoms with Gasteiger partial charge in [-0.3, -0.25) is 4.68 Å². The van der Waals surface area contributed by atoms with Gasteiger partial charge in [-0.2, -0.15) is 5.10 Å². The standard InChI is InChI=1S/C16H29N3/c1-4-8-19-12-15(11-18-19)16(17)7-5-6-14(10-16)9-13(2)3/h11-14H,4-10,17H2,1-3H3. The summed E-state index contributed by atoms with van der Waals surface area (Å²) in [7, 11) is 0. The second-order valence-electron chi connectivity index (χ2n) is 6.74. The topological polar surface area (TPSA) is 43.8 Å². The Morgan fingerprint density at radius 1 is 1.53 bits per heavy atom. The van der Waals surface area contributed by atoms with E-state index in [1.54, 1.807) is 0 Å². The number of nitrogens with two attached hydrogens (primary N) is 1. The van der Waals surface area contributed by atoms with E-state index in [0.717, 1.165) is 37.6 Å². The zero-order valence-electron chi connectivity index (χ0n) is 12.7. The van der Waals surface area contributed by atoms with Crippen molar-refractivity contribution in [1.82, 2.24) is 9.78 Å². The van der Waals surface area contributed by atoms with Crippen molar-refractivity contribution in [1.29, 1.82) is 0 Å². The van der Waals surface area contributed by atoms with E-state index in [2.05, 4.69) is 32.1 Å². The van der Waals surface area contributed by atoms with Gasteiger partial charge in [0.25, 0.3) is 0 Å². The fourth-order valence-electron chi connectivity index (χ4n) is 3.53. The maximum Gasteiger partial charge on any atom is 0.0540 e. The molecule has 1 aromatic heterocycles. The van der Waals surface area contributed by atoms with Gasteiger partial charge >= 0.3 is 0 Å². The van der Waals surface area contributed by atoms with Crippen LogP contribution in [-0.4, -0.2) is 9.78 Å².